The van der Waals surface area contributed by atoms with Crippen molar-refractivity contribution >= 4 is 29.1 Å². The lowest BCUT2D eigenvalue weighted by atomic mass is 10.1. The third-order valence-corrected chi connectivity index (χ3v) is 4.16. The van der Waals surface area contributed by atoms with Crippen molar-refractivity contribution in [3.63, 3.8) is 0 Å². The Morgan fingerprint density at radius 2 is 1.84 bits per heavy atom. The average Bonchev–Trinajstić information content (AvgIpc) is 3.01. The first kappa shape index (κ1) is 17.3. The van der Waals surface area contributed by atoms with Crippen LogP contribution >= 0.6 is 23.2 Å². The maximum atomic E-state index is 12.1. The minimum atomic E-state index is -0.571. The van der Waals surface area contributed by atoms with Crippen LogP contribution in [0.5, 0.6) is 5.75 Å². The highest BCUT2D eigenvalue weighted by Gasteiger charge is 2.26. The number of nitrogens with zero attached hydrogens (tertiary/aromatic N) is 2. The molecule has 8 heteroatoms. The Labute approximate surface area is 154 Å². The average molecular weight is 377 g/mol. The van der Waals surface area contributed by atoms with Gasteiger partial charge in [-0.15, -0.1) is 0 Å². The first-order chi connectivity index (χ1) is 12.1. The van der Waals surface area contributed by atoms with Gasteiger partial charge in [-0.3, -0.25) is 10.2 Å². The van der Waals surface area contributed by atoms with E-state index < -0.39 is 5.91 Å². The van der Waals surface area contributed by atoms with Crippen LogP contribution in [0.3, 0.4) is 0 Å². The standard InChI is InChI=1S/C17H14Cl2N4O2/c1-25-16-14(17(24)21-20)22-23(13-5-3-2-4-12(13)19)15(16)10-6-8-11(18)9-7-10/h2-9H,20H2,1H3,(H,21,24). The number of carbonyl (C=O) groups excluding carboxylic acids is 1. The number of benzene rings is 2. The molecule has 25 heavy (non-hydrogen) atoms. The summed E-state index contributed by atoms with van der Waals surface area (Å²) < 4.78 is 7.00. The molecule has 0 aliphatic heterocycles. The quantitative estimate of drug-likeness (QED) is 0.415. The highest BCUT2D eigenvalue weighted by molar-refractivity contribution is 6.32. The largest absolute Gasteiger partial charge is 0.492 e. The molecule has 0 atom stereocenters. The maximum absolute atomic E-state index is 12.1. The van der Waals surface area contributed by atoms with Crippen molar-refractivity contribution < 1.29 is 9.53 Å². The molecular weight excluding hydrogens is 363 g/mol. The lowest BCUT2D eigenvalue weighted by molar-refractivity contribution is 0.0945. The molecule has 0 radical (unpaired) electrons. The zero-order valence-corrected chi connectivity index (χ0v) is 14.7. The lowest BCUT2D eigenvalue weighted by Gasteiger charge is -2.10. The zero-order valence-electron chi connectivity index (χ0n) is 13.2. The second-order valence-electron chi connectivity index (χ2n) is 5.07. The molecule has 1 heterocycles. The second kappa shape index (κ2) is 7.14. The number of nitrogens with one attached hydrogen (secondary N) is 1. The van der Waals surface area contributed by atoms with E-state index in [1.54, 1.807) is 41.1 Å². The van der Waals surface area contributed by atoms with Gasteiger partial charge in [0.15, 0.2) is 11.4 Å². The number of rotatable bonds is 4. The SMILES string of the molecule is COc1c(C(=O)NN)nn(-c2ccccc2Cl)c1-c1ccc(Cl)cc1. The predicted molar refractivity (Wildman–Crippen MR) is 97.2 cm³/mol. The van der Waals surface area contributed by atoms with E-state index in [0.29, 0.717) is 21.4 Å². The van der Waals surface area contributed by atoms with Gasteiger partial charge < -0.3 is 4.74 Å². The summed E-state index contributed by atoms with van der Waals surface area (Å²) in [6, 6.07) is 14.2. The molecule has 0 bridgehead atoms. The third-order valence-electron chi connectivity index (χ3n) is 3.59. The summed E-state index contributed by atoms with van der Waals surface area (Å²) in [6.45, 7) is 0. The number of hydrogen-bond acceptors (Lipinski definition) is 4. The molecule has 3 aromatic rings. The summed E-state index contributed by atoms with van der Waals surface area (Å²) in [5, 5.41) is 5.43. The van der Waals surface area contributed by atoms with E-state index in [2.05, 4.69) is 10.5 Å². The minimum Gasteiger partial charge on any atom is -0.492 e. The Morgan fingerprint density at radius 3 is 2.44 bits per heavy atom. The molecule has 128 valence electrons. The Morgan fingerprint density at radius 1 is 1.16 bits per heavy atom. The van der Waals surface area contributed by atoms with Crippen molar-refractivity contribution in [2.45, 2.75) is 0 Å². The Bertz CT molecular complexity index is 923. The number of nitrogen functional groups attached to an aromatic ring is 1. The first-order valence-electron chi connectivity index (χ1n) is 7.25. The minimum absolute atomic E-state index is 0.0508. The normalized spacial score (nSPS) is 10.6. The Hall–Kier alpha value is -2.54. The molecule has 0 spiro atoms. The van der Waals surface area contributed by atoms with Gasteiger partial charge in [0.25, 0.3) is 5.91 Å². The fourth-order valence-corrected chi connectivity index (χ4v) is 2.81. The summed E-state index contributed by atoms with van der Waals surface area (Å²) in [6.07, 6.45) is 0. The number of ether oxygens (including phenoxy) is 1. The lowest BCUT2D eigenvalue weighted by Crippen LogP contribution is -2.30. The summed E-state index contributed by atoms with van der Waals surface area (Å²) in [5.41, 5.74) is 4.04. The molecule has 0 saturated heterocycles. The van der Waals surface area contributed by atoms with Crippen LogP contribution in [0.2, 0.25) is 10.0 Å². The number of aromatic nitrogens is 2. The maximum Gasteiger partial charge on any atom is 0.289 e. The van der Waals surface area contributed by atoms with Crippen molar-refractivity contribution in [2.24, 2.45) is 5.84 Å². The van der Waals surface area contributed by atoms with Gasteiger partial charge in [0.1, 0.15) is 5.69 Å². The van der Waals surface area contributed by atoms with Crippen LogP contribution in [0, 0.1) is 0 Å². The Kier molecular flexibility index (Phi) is 4.94. The van der Waals surface area contributed by atoms with Gasteiger partial charge in [-0.2, -0.15) is 5.10 Å². The van der Waals surface area contributed by atoms with Gasteiger partial charge in [-0.25, -0.2) is 10.5 Å². The summed E-state index contributed by atoms with van der Waals surface area (Å²) in [7, 11) is 1.46. The van der Waals surface area contributed by atoms with Crippen LogP contribution in [0.4, 0.5) is 0 Å². The topological polar surface area (TPSA) is 82.2 Å². The zero-order chi connectivity index (χ0) is 18.0. The molecule has 0 fully saturated rings. The molecule has 0 aliphatic carbocycles. The van der Waals surface area contributed by atoms with Crippen LogP contribution in [0.25, 0.3) is 16.9 Å². The number of hydrazine groups is 1. The van der Waals surface area contributed by atoms with E-state index in [9.17, 15) is 4.79 Å². The van der Waals surface area contributed by atoms with Gasteiger partial charge in [0, 0.05) is 10.6 Å². The van der Waals surface area contributed by atoms with Crippen LogP contribution in [0.1, 0.15) is 10.5 Å². The molecule has 1 aromatic heterocycles. The van der Waals surface area contributed by atoms with Crippen molar-refractivity contribution in [1.82, 2.24) is 15.2 Å². The van der Waals surface area contributed by atoms with Gasteiger partial charge in [0.05, 0.1) is 17.8 Å². The van der Waals surface area contributed by atoms with E-state index in [0.717, 1.165) is 5.56 Å². The van der Waals surface area contributed by atoms with Gasteiger partial charge >= 0.3 is 0 Å². The van der Waals surface area contributed by atoms with Crippen LogP contribution < -0.4 is 16.0 Å². The van der Waals surface area contributed by atoms with E-state index in [1.807, 2.05) is 12.1 Å². The van der Waals surface area contributed by atoms with Gasteiger partial charge in [0.2, 0.25) is 0 Å². The molecule has 3 N–H and O–H groups in total. The number of para-hydroxylation sites is 1. The summed E-state index contributed by atoms with van der Waals surface area (Å²) in [5.74, 6) is 4.98. The van der Waals surface area contributed by atoms with Crippen LogP contribution in [0.15, 0.2) is 48.5 Å². The molecule has 0 saturated carbocycles. The second-order valence-corrected chi connectivity index (χ2v) is 5.92. The molecule has 6 nitrogen and oxygen atoms in total. The molecule has 2 aromatic carbocycles. The summed E-state index contributed by atoms with van der Waals surface area (Å²) in [4.78, 5) is 12.1. The fourth-order valence-electron chi connectivity index (χ4n) is 2.47. The smallest absolute Gasteiger partial charge is 0.289 e. The predicted octanol–water partition coefficient (Wildman–Crippen LogP) is 3.46. The molecule has 1 amide bonds. The number of carbonyl (C=O) groups is 1. The fraction of sp³-hybridized carbons (Fsp3) is 0.0588. The van der Waals surface area contributed by atoms with Crippen LogP contribution in [-0.4, -0.2) is 22.8 Å². The first-order valence-corrected chi connectivity index (χ1v) is 8.01. The highest BCUT2D eigenvalue weighted by atomic mass is 35.5. The molecule has 0 unspecified atom stereocenters. The van der Waals surface area contributed by atoms with Crippen molar-refractivity contribution in [3.8, 4) is 22.7 Å². The van der Waals surface area contributed by atoms with E-state index in [1.165, 1.54) is 7.11 Å². The number of methoxy groups -OCH3 is 1. The number of nitrogens with two attached hydrogens (primary N) is 1. The van der Waals surface area contributed by atoms with Gasteiger partial charge in [-0.05, 0) is 24.3 Å². The van der Waals surface area contributed by atoms with E-state index in [-0.39, 0.29) is 11.4 Å². The summed E-state index contributed by atoms with van der Waals surface area (Å²) >= 11 is 12.3. The number of hydrogen-bond donors (Lipinski definition) is 2. The van der Waals surface area contributed by atoms with Crippen molar-refractivity contribution in [1.29, 1.82) is 0 Å². The molecular formula is C17H14Cl2N4O2. The van der Waals surface area contributed by atoms with E-state index >= 15 is 0 Å². The highest BCUT2D eigenvalue weighted by Crippen LogP contribution is 2.37. The number of amides is 1. The van der Waals surface area contributed by atoms with E-state index in [4.69, 9.17) is 33.8 Å². The van der Waals surface area contributed by atoms with Crippen LogP contribution in [-0.2, 0) is 0 Å². The third kappa shape index (κ3) is 3.19. The van der Waals surface area contributed by atoms with Gasteiger partial charge in [-0.1, -0.05) is 47.5 Å². The molecule has 0 aliphatic rings. The Balaban J connectivity index is 2.33. The van der Waals surface area contributed by atoms with Crippen molar-refractivity contribution in [3.05, 3.63) is 64.3 Å². The monoisotopic (exact) mass is 376 g/mol. The number of halogens is 2. The molecule has 3 rings (SSSR count). The van der Waals surface area contributed by atoms with Crippen molar-refractivity contribution in [2.75, 3.05) is 7.11 Å².